The number of guanidine groups is 1. The van der Waals surface area contributed by atoms with Crippen molar-refractivity contribution in [1.82, 2.24) is 10.6 Å². The summed E-state index contributed by atoms with van der Waals surface area (Å²) in [6.07, 6.45) is 0. The average molecular weight is 439 g/mol. The Kier molecular flexibility index (Phi) is 5.60. The molecule has 0 saturated heterocycles. The van der Waals surface area contributed by atoms with Crippen LogP contribution in [0, 0.1) is 3.57 Å². The van der Waals surface area contributed by atoms with Crippen molar-refractivity contribution in [3.05, 3.63) is 26.2 Å². The van der Waals surface area contributed by atoms with E-state index < -0.39 is 0 Å². The van der Waals surface area contributed by atoms with Crippen LogP contribution in [0.15, 0.2) is 27.7 Å². The molecule has 0 spiro atoms. The highest BCUT2D eigenvalue weighted by molar-refractivity contribution is 14.1. The molecule has 1 rings (SSSR count). The van der Waals surface area contributed by atoms with E-state index >= 15 is 0 Å². The summed E-state index contributed by atoms with van der Waals surface area (Å²) in [4.78, 5) is 15.7. The number of aliphatic imine (C=N–C) groups is 1. The molecule has 2 amide bonds. The molecule has 0 aliphatic rings. The van der Waals surface area contributed by atoms with Gasteiger partial charge in [0.2, 0.25) is 5.96 Å². The van der Waals surface area contributed by atoms with Gasteiger partial charge in [-0.2, -0.15) is 0 Å². The van der Waals surface area contributed by atoms with E-state index in [1.807, 2.05) is 39.0 Å². The van der Waals surface area contributed by atoms with Crippen LogP contribution in [0.1, 0.15) is 20.8 Å². The maximum atomic E-state index is 11.6. The first-order chi connectivity index (χ1) is 8.67. The van der Waals surface area contributed by atoms with E-state index in [1.165, 1.54) is 0 Å². The Balaban J connectivity index is 2.71. The first kappa shape index (κ1) is 16.2. The monoisotopic (exact) mass is 438 g/mol. The fraction of sp³-hybridized carbons (Fsp3) is 0.333. The largest absolute Gasteiger partial charge is 0.369 e. The summed E-state index contributed by atoms with van der Waals surface area (Å²) in [5.74, 6) is 0.0508. The number of amides is 2. The molecule has 0 radical (unpaired) electrons. The summed E-state index contributed by atoms with van der Waals surface area (Å²) >= 11 is 5.61. The van der Waals surface area contributed by atoms with Crippen LogP contribution in [0.5, 0.6) is 0 Å². The van der Waals surface area contributed by atoms with E-state index in [4.69, 9.17) is 5.73 Å². The van der Waals surface area contributed by atoms with E-state index in [2.05, 4.69) is 54.1 Å². The number of hydrogen-bond donors (Lipinski definition) is 3. The van der Waals surface area contributed by atoms with Gasteiger partial charge in [-0.15, -0.1) is 0 Å². The zero-order valence-electron chi connectivity index (χ0n) is 10.9. The number of hydrogen-bond acceptors (Lipinski definition) is 2. The van der Waals surface area contributed by atoms with Crippen LogP contribution in [-0.4, -0.2) is 17.5 Å². The van der Waals surface area contributed by atoms with Crippen molar-refractivity contribution in [3.8, 4) is 0 Å². The summed E-state index contributed by atoms with van der Waals surface area (Å²) in [6, 6.07) is 5.19. The zero-order valence-corrected chi connectivity index (χ0v) is 14.7. The van der Waals surface area contributed by atoms with Crippen molar-refractivity contribution in [2.75, 3.05) is 0 Å². The molecule has 0 bridgehead atoms. The second kappa shape index (κ2) is 6.56. The van der Waals surface area contributed by atoms with Crippen molar-refractivity contribution in [2.24, 2.45) is 10.7 Å². The number of rotatable bonds is 1. The molecule has 0 fully saturated rings. The van der Waals surface area contributed by atoms with E-state index in [9.17, 15) is 4.79 Å². The highest BCUT2D eigenvalue weighted by Gasteiger charge is 2.13. The predicted octanol–water partition coefficient (Wildman–Crippen LogP) is 3.10. The summed E-state index contributed by atoms with van der Waals surface area (Å²) < 4.78 is 2.01. The summed E-state index contributed by atoms with van der Waals surface area (Å²) in [5, 5.41) is 5.21. The summed E-state index contributed by atoms with van der Waals surface area (Å²) in [6.45, 7) is 5.66. The van der Waals surface area contributed by atoms with Crippen LogP contribution in [0.25, 0.3) is 0 Å². The number of nitrogens with zero attached hydrogens (tertiary/aromatic N) is 1. The van der Waals surface area contributed by atoms with E-state index in [1.54, 1.807) is 0 Å². The third kappa shape index (κ3) is 6.24. The van der Waals surface area contributed by atoms with Gasteiger partial charge < -0.3 is 11.1 Å². The molecule has 1 aromatic rings. The number of carbonyl (C=O) groups is 1. The van der Waals surface area contributed by atoms with E-state index in [0.29, 0.717) is 5.69 Å². The van der Waals surface area contributed by atoms with Crippen LogP contribution in [0.2, 0.25) is 0 Å². The Labute approximate surface area is 134 Å². The molecular weight excluding hydrogens is 423 g/mol. The van der Waals surface area contributed by atoms with Crippen LogP contribution >= 0.6 is 38.5 Å². The Morgan fingerprint density at radius 3 is 2.58 bits per heavy atom. The topological polar surface area (TPSA) is 79.5 Å². The van der Waals surface area contributed by atoms with E-state index in [0.717, 1.165) is 8.04 Å². The van der Waals surface area contributed by atoms with Gasteiger partial charge in [-0.1, -0.05) is 0 Å². The summed E-state index contributed by atoms with van der Waals surface area (Å²) in [7, 11) is 0. The summed E-state index contributed by atoms with van der Waals surface area (Å²) in [5.41, 5.74) is 6.02. The number of halogens is 2. The smallest absolute Gasteiger partial charge is 0.321 e. The van der Waals surface area contributed by atoms with Crippen LogP contribution in [0.3, 0.4) is 0 Å². The van der Waals surface area contributed by atoms with Gasteiger partial charge in [0, 0.05) is 13.6 Å². The van der Waals surface area contributed by atoms with Crippen molar-refractivity contribution >= 4 is 56.2 Å². The molecule has 0 unspecified atom stereocenters. The lowest BCUT2D eigenvalue weighted by Gasteiger charge is -2.20. The minimum absolute atomic E-state index is 0.0508. The second-order valence-corrected chi connectivity index (χ2v) is 6.94. The Morgan fingerprint density at radius 2 is 2.05 bits per heavy atom. The lowest BCUT2D eigenvalue weighted by atomic mass is 10.1. The van der Waals surface area contributed by atoms with Gasteiger partial charge in [-0.25, -0.2) is 9.79 Å². The van der Waals surface area contributed by atoms with Crippen molar-refractivity contribution in [1.29, 1.82) is 0 Å². The molecule has 1 aromatic carbocycles. The molecule has 0 aliphatic carbocycles. The lowest BCUT2D eigenvalue weighted by Crippen LogP contribution is -2.50. The normalized spacial score (nSPS) is 12.2. The third-order valence-electron chi connectivity index (χ3n) is 1.88. The number of nitrogens with two attached hydrogens (primary N) is 1. The first-order valence-electron chi connectivity index (χ1n) is 5.56. The molecule has 0 aliphatic heterocycles. The van der Waals surface area contributed by atoms with Crippen molar-refractivity contribution < 1.29 is 4.79 Å². The standard InChI is InChI=1S/C12H16BrIN4O/c1-12(2,3)18-11(19)17-10(15)16-7-4-5-9(14)8(13)6-7/h4-6H,1-3H3,(H4,15,16,17,18,19). The quantitative estimate of drug-likeness (QED) is 0.358. The molecule has 0 saturated carbocycles. The molecule has 7 heteroatoms. The molecule has 104 valence electrons. The SMILES string of the molecule is CC(C)(C)NC(=O)NC(N)=Nc1ccc(I)c(Br)c1. The van der Waals surface area contributed by atoms with E-state index in [-0.39, 0.29) is 17.5 Å². The third-order valence-corrected chi connectivity index (χ3v) is 4.22. The fourth-order valence-corrected chi connectivity index (χ4v) is 1.91. The molecule has 0 aromatic heterocycles. The lowest BCUT2D eigenvalue weighted by molar-refractivity contribution is 0.236. The highest BCUT2D eigenvalue weighted by Crippen LogP contribution is 2.24. The van der Waals surface area contributed by atoms with Crippen LogP contribution in [-0.2, 0) is 0 Å². The second-order valence-electron chi connectivity index (χ2n) is 4.92. The van der Waals surface area contributed by atoms with Gasteiger partial charge in [0.1, 0.15) is 0 Å². The number of nitrogens with one attached hydrogen (secondary N) is 2. The van der Waals surface area contributed by atoms with Crippen molar-refractivity contribution in [2.45, 2.75) is 26.3 Å². The molecular formula is C12H16BrIN4O. The minimum Gasteiger partial charge on any atom is -0.369 e. The maximum absolute atomic E-state index is 11.6. The zero-order chi connectivity index (χ0) is 14.6. The van der Waals surface area contributed by atoms with Gasteiger partial charge in [0.25, 0.3) is 0 Å². The molecule has 0 atom stereocenters. The number of carbonyl (C=O) groups excluding carboxylic acids is 1. The van der Waals surface area contributed by atoms with Crippen LogP contribution < -0.4 is 16.4 Å². The molecule has 19 heavy (non-hydrogen) atoms. The maximum Gasteiger partial charge on any atom is 0.321 e. The average Bonchev–Trinajstić information content (AvgIpc) is 2.20. The van der Waals surface area contributed by atoms with Gasteiger partial charge in [-0.3, -0.25) is 5.32 Å². The van der Waals surface area contributed by atoms with Crippen LogP contribution in [0.4, 0.5) is 10.5 Å². The van der Waals surface area contributed by atoms with Gasteiger partial charge in [0.15, 0.2) is 0 Å². The Morgan fingerprint density at radius 1 is 1.42 bits per heavy atom. The van der Waals surface area contributed by atoms with Gasteiger partial charge in [0.05, 0.1) is 5.69 Å². The van der Waals surface area contributed by atoms with Crippen molar-refractivity contribution in [3.63, 3.8) is 0 Å². The highest BCUT2D eigenvalue weighted by atomic mass is 127. The first-order valence-corrected chi connectivity index (χ1v) is 7.43. The number of benzene rings is 1. The fourth-order valence-electron chi connectivity index (χ4n) is 1.21. The predicted molar refractivity (Wildman–Crippen MR) is 89.6 cm³/mol. The number of urea groups is 1. The molecule has 0 heterocycles. The molecule has 4 N–H and O–H groups in total. The Hall–Kier alpha value is -0.830. The Bertz CT molecular complexity index is 511. The van der Waals surface area contributed by atoms with Gasteiger partial charge >= 0.3 is 6.03 Å². The molecule has 5 nitrogen and oxygen atoms in total. The minimum atomic E-state index is -0.377. The van der Waals surface area contributed by atoms with Gasteiger partial charge in [-0.05, 0) is 77.5 Å².